The van der Waals surface area contributed by atoms with Crippen LogP contribution in [-0.4, -0.2) is 18.5 Å². The molecule has 0 bridgehead atoms. The summed E-state index contributed by atoms with van der Waals surface area (Å²) in [5.41, 5.74) is 0.780. The highest BCUT2D eigenvalue weighted by Crippen LogP contribution is 2.37. The first-order valence-electron chi connectivity index (χ1n) is 7.03. The molecule has 24 heavy (non-hydrogen) atoms. The van der Waals surface area contributed by atoms with Crippen LogP contribution in [0.4, 0.5) is 0 Å². The maximum Gasteiger partial charge on any atom is 0.175 e. The van der Waals surface area contributed by atoms with Gasteiger partial charge in [0.15, 0.2) is 11.5 Å². The first-order valence-corrected chi connectivity index (χ1v) is 7.82. The average Bonchev–Trinajstić information content (AvgIpc) is 2.54. The van der Waals surface area contributed by atoms with Crippen molar-refractivity contribution >= 4 is 27.9 Å². The highest BCUT2D eigenvalue weighted by molar-refractivity contribution is 9.10. The first-order chi connectivity index (χ1) is 11.4. The molecule has 0 aromatic heterocycles. The number of halogens is 1. The van der Waals surface area contributed by atoms with Gasteiger partial charge in [0.25, 0.3) is 0 Å². The van der Waals surface area contributed by atoms with Crippen LogP contribution in [0, 0.1) is 0 Å². The minimum absolute atomic E-state index is 0.0315. The number of rotatable bonds is 7. The van der Waals surface area contributed by atoms with Crippen molar-refractivity contribution in [1.29, 1.82) is 0 Å². The smallest absolute Gasteiger partial charge is 0.175 e. The summed E-state index contributed by atoms with van der Waals surface area (Å²) in [6, 6.07) is 8.76. The summed E-state index contributed by atoms with van der Waals surface area (Å²) in [5, 5.41) is 21.7. The van der Waals surface area contributed by atoms with Gasteiger partial charge in [-0.1, -0.05) is 24.3 Å². The third kappa shape index (κ3) is 4.26. The van der Waals surface area contributed by atoms with Crippen LogP contribution in [0.1, 0.15) is 33.2 Å². The van der Waals surface area contributed by atoms with Crippen molar-refractivity contribution in [3.8, 4) is 11.5 Å². The summed E-state index contributed by atoms with van der Waals surface area (Å²) in [4.78, 5) is 21.7. The average molecular weight is 393 g/mol. The van der Waals surface area contributed by atoms with Gasteiger partial charge in [0.1, 0.15) is 6.61 Å². The second-order valence-corrected chi connectivity index (χ2v) is 5.63. The zero-order chi connectivity index (χ0) is 17.7. The number of hydrogen-bond donors (Lipinski definition) is 0. The van der Waals surface area contributed by atoms with E-state index in [9.17, 15) is 19.8 Å². The molecule has 0 N–H and O–H groups in total. The van der Waals surface area contributed by atoms with Gasteiger partial charge < -0.3 is 29.3 Å². The Morgan fingerprint density at radius 2 is 1.62 bits per heavy atom. The lowest BCUT2D eigenvalue weighted by Crippen LogP contribution is -2.22. The van der Waals surface area contributed by atoms with Gasteiger partial charge in [-0.05, 0) is 46.1 Å². The quantitative estimate of drug-likeness (QED) is 0.700. The van der Waals surface area contributed by atoms with Crippen LogP contribution in [0.2, 0.25) is 0 Å². The summed E-state index contributed by atoms with van der Waals surface area (Å²) in [6.45, 7) is 2.25. The molecule has 126 valence electrons. The zero-order valence-electron chi connectivity index (χ0n) is 12.7. The van der Waals surface area contributed by atoms with E-state index in [1.807, 2.05) is 0 Å². The van der Waals surface area contributed by atoms with Crippen molar-refractivity contribution < 1.29 is 29.3 Å². The van der Waals surface area contributed by atoms with Gasteiger partial charge in [0.2, 0.25) is 0 Å². The van der Waals surface area contributed by atoms with Gasteiger partial charge in [-0.25, -0.2) is 0 Å². The Morgan fingerprint density at radius 1 is 1.00 bits per heavy atom. The first kappa shape index (κ1) is 17.8. The Balaban J connectivity index is 2.21. The van der Waals surface area contributed by atoms with Crippen LogP contribution in [0.25, 0.3) is 0 Å². The molecule has 0 saturated heterocycles. The molecule has 2 aromatic rings. The highest BCUT2D eigenvalue weighted by Gasteiger charge is 2.13. The minimum Gasteiger partial charge on any atom is -0.545 e. The fourth-order valence-corrected chi connectivity index (χ4v) is 2.54. The predicted molar refractivity (Wildman–Crippen MR) is 84.7 cm³/mol. The summed E-state index contributed by atoms with van der Waals surface area (Å²) in [6.07, 6.45) is 0. The third-order valence-electron chi connectivity index (χ3n) is 3.12. The molecule has 0 radical (unpaired) electrons. The lowest BCUT2D eigenvalue weighted by atomic mass is 10.1. The van der Waals surface area contributed by atoms with Crippen molar-refractivity contribution in [1.82, 2.24) is 0 Å². The molecular weight excluding hydrogens is 380 g/mol. The molecule has 6 nitrogen and oxygen atoms in total. The molecule has 7 heteroatoms. The zero-order valence-corrected chi connectivity index (χ0v) is 14.3. The van der Waals surface area contributed by atoms with E-state index in [0.29, 0.717) is 16.8 Å². The van der Waals surface area contributed by atoms with E-state index in [0.717, 1.165) is 5.56 Å². The number of benzene rings is 2. The number of hydrogen-bond acceptors (Lipinski definition) is 6. The molecule has 0 spiro atoms. The van der Waals surface area contributed by atoms with Gasteiger partial charge in [-0.2, -0.15) is 0 Å². The Hall–Kier alpha value is -2.54. The monoisotopic (exact) mass is 392 g/mol. The van der Waals surface area contributed by atoms with E-state index < -0.39 is 11.9 Å². The van der Waals surface area contributed by atoms with E-state index >= 15 is 0 Å². The van der Waals surface area contributed by atoms with Crippen LogP contribution in [-0.2, 0) is 6.61 Å². The third-order valence-corrected chi connectivity index (χ3v) is 3.71. The Bertz CT molecular complexity index is 754. The number of carbonyl (C=O) groups excluding carboxylic acids is 2. The van der Waals surface area contributed by atoms with Crippen LogP contribution in [0.15, 0.2) is 40.9 Å². The fraction of sp³-hybridized carbons (Fsp3) is 0.176. The molecule has 0 fully saturated rings. The van der Waals surface area contributed by atoms with Crippen LogP contribution < -0.4 is 19.7 Å². The van der Waals surface area contributed by atoms with Crippen LogP contribution in [0.5, 0.6) is 11.5 Å². The van der Waals surface area contributed by atoms with E-state index in [4.69, 9.17) is 9.47 Å². The van der Waals surface area contributed by atoms with Gasteiger partial charge in [0.05, 0.1) is 23.0 Å². The Morgan fingerprint density at radius 3 is 2.17 bits per heavy atom. The Kier molecular flexibility index (Phi) is 5.81. The SMILES string of the molecule is CCOc1cc(C(=O)[O-])cc(Br)c1OCc1ccc(C(=O)[O-])cc1. The summed E-state index contributed by atoms with van der Waals surface area (Å²) in [5.74, 6) is -1.94. The van der Waals surface area contributed by atoms with Crippen molar-refractivity contribution in [2.75, 3.05) is 6.61 Å². The summed E-state index contributed by atoms with van der Waals surface area (Å²) in [7, 11) is 0. The van der Waals surface area contributed by atoms with Gasteiger partial charge in [0, 0.05) is 5.56 Å². The maximum absolute atomic E-state index is 11.0. The molecule has 0 heterocycles. The second-order valence-electron chi connectivity index (χ2n) is 4.78. The molecule has 0 atom stereocenters. The van der Waals surface area contributed by atoms with Crippen molar-refractivity contribution in [2.45, 2.75) is 13.5 Å². The van der Waals surface area contributed by atoms with E-state index in [1.165, 1.54) is 24.3 Å². The normalized spacial score (nSPS) is 10.2. The number of aromatic carboxylic acids is 2. The lowest BCUT2D eigenvalue weighted by molar-refractivity contribution is -0.256. The molecule has 2 aromatic carbocycles. The Labute approximate surface area is 146 Å². The summed E-state index contributed by atoms with van der Waals surface area (Å²) < 4.78 is 11.5. The lowest BCUT2D eigenvalue weighted by Gasteiger charge is -2.16. The second kappa shape index (κ2) is 7.83. The molecule has 0 unspecified atom stereocenters. The number of carboxylic acids is 2. The molecule has 0 saturated carbocycles. The predicted octanol–water partition coefficient (Wildman–Crippen LogP) is 1.15. The molecule has 0 aliphatic carbocycles. The van der Waals surface area contributed by atoms with E-state index in [1.54, 1.807) is 19.1 Å². The van der Waals surface area contributed by atoms with Crippen LogP contribution in [0.3, 0.4) is 0 Å². The summed E-state index contributed by atoms with van der Waals surface area (Å²) >= 11 is 3.26. The van der Waals surface area contributed by atoms with Crippen molar-refractivity contribution in [3.63, 3.8) is 0 Å². The molecule has 2 rings (SSSR count). The fourth-order valence-electron chi connectivity index (χ4n) is 1.98. The number of ether oxygens (including phenoxy) is 2. The number of carbonyl (C=O) groups is 2. The standard InChI is InChI=1S/C17H15BrO6/c1-2-23-14-8-12(17(21)22)7-13(18)15(14)24-9-10-3-5-11(6-4-10)16(19)20/h3-8H,2,9H2,1H3,(H,19,20)(H,21,22)/p-2. The minimum atomic E-state index is -1.32. The van der Waals surface area contributed by atoms with Crippen molar-refractivity contribution in [2.24, 2.45) is 0 Å². The van der Waals surface area contributed by atoms with Gasteiger partial charge in [-0.3, -0.25) is 0 Å². The van der Waals surface area contributed by atoms with E-state index in [-0.39, 0.29) is 23.5 Å². The maximum atomic E-state index is 11.0. The molecule has 0 amide bonds. The molecular formula is C17H13BrO6-2. The largest absolute Gasteiger partial charge is 0.545 e. The topological polar surface area (TPSA) is 98.7 Å². The highest BCUT2D eigenvalue weighted by atomic mass is 79.9. The number of carboxylic acid groups (broad SMARTS) is 2. The van der Waals surface area contributed by atoms with E-state index in [2.05, 4.69) is 15.9 Å². The van der Waals surface area contributed by atoms with Gasteiger partial charge >= 0.3 is 0 Å². The van der Waals surface area contributed by atoms with Crippen LogP contribution >= 0.6 is 15.9 Å². The molecule has 0 aliphatic heterocycles. The van der Waals surface area contributed by atoms with Crippen molar-refractivity contribution in [3.05, 3.63) is 57.6 Å². The van der Waals surface area contributed by atoms with Gasteiger partial charge in [-0.15, -0.1) is 0 Å². The molecule has 0 aliphatic rings.